The summed E-state index contributed by atoms with van der Waals surface area (Å²) in [6.07, 6.45) is -0.679. The first-order valence-electron chi connectivity index (χ1n) is 3.96. The topological polar surface area (TPSA) is 38.7 Å². The predicted molar refractivity (Wildman–Crippen MR) is 41.2 cm³/mol. The zero-order valence-corrected chi connectivity index (χ0v) is 7.50. The zero-order chi connectivity index (χ0) is 8.65. The predicted octanol–water partition coefficient (Wildman–Crippen LogP) is 0.907. The molecule has 0 aromatic heterocycles. The minimum atomic E-state index is -0.541. The van der Waals surface area contributed by atoms with Crippen molar-refractivity contribution in [3.63, 3.8) is 0 Å². The molecule has 0 amide bonds. The number of rotatable bonds is 1. The van der Waals surface area contributed by atoms with Gasteiger partial charge < -0.3 is 14.6 Å². The molecule has 1 rings (SSSR count). The highest BCUT2D eigenvalue weighted by molar-refractivity contribution is 4.81. The Morgan fingerprint density at radius 3 is 2.09 bits per heavy atom. The molecule has 1 saturated heterocycles. The van der Waals surface area contributed by atoms with Crippen LogP contribution in [0.5, 0.6) is 0 Å². The second-order valence-corrected chi connectivity index (χ2v) is 3.55. The van der Waals surface area contributed by atoms with Gasteiger partial charge in [0, 0.05) is 0 Å². The highest BCUT2D eigenvalue weighted by Crippen LogP contribution is 2.29. The fourth-order valence-corrected chi connectivity index (χ4v) is 1.46. The molecule has 1 heterocycles. The maximum atomic E-state index is 9.25. The van der Waals surface area contributed by atoms with Crippen molar-refractivity contribution in [1.29, 1.82) is 0 Å². The van der Waals surface area contributed by atoms with Crippen LogP contribution in [0.2, 0.25) is 0 Å². The van der Waals surface area contributed by atoms with Crippen LogP contribution in [0.1, 0.15) is 27.7 Å². The van der Waals surface area contributed by atoms with Gasteiger partial charge in [-0.1, -0.05) is 0 Å². The van der Waals surface area contributed by atoms with Crippen molar-refractivity contribution >= 4 is 0 Å². The first kappa shape index (κ1) is 8.97. The highest BCUT2D eigenvalue weighted by atomic mass is 16.8. The van der Waals surface area contributed by atoms with Gasteiger partial charge in [-0.05, 0) is 27.7 Å². The molecule has 0 spiro atoms. The van der Waals surface area contributed by atoms with E-state index in [1.54, 1.807) is 6.92 Å². The van der Waals surface area contributed by atoms with Crippen molar-refractivity contribution in [2.24, 2.45) is 0 Å². The fourth-order valence-electron chi connectivity index (χ4n) is 1.46. The van der Waals surface area contributed by atoms with Gasteiger partial charge in [0.1, 0.15) is 6.10 Å². The Kier molecular flexibility index (Phi) is 2.23. The third-order valence-corrected chi connectivity index (χ3v) is 1.83. The van der Waals surface area contributed by atoms with Gasteiger partial charge in [-0.25, -0.2) is 0 Å². The summed E-state index contributed by atoms with van der Waals surface area (Å²) in [5.41, 5.74) is 0. The van der Waals surface area contributed by atoms with Crippen molar-refractivity contribution in [1.82, 2.24) is 0 Å². The molecule has 11 heavy (non-hydrogen) atoms. The van der Waals surface area contributed by atoms with Crippen molar-refractivity contribution in [3.05, 3.63) is 0 Å². The van der Waals surface area contributed by atoms with Gasteiger partial charge in [0.2, 0.25) is 0 Å². The molecule has 0 aromatic rings. The van der Waals surface area contributed by atoms with Gasteiger partial charge in [-0.15, -0.1) is 0 Å². The van der Waals surface area contributed by atoms with E-state index in [1.165, 1.54) is 0 Å². The van der Waals surface area contributed by atoms with Crippen LogP contribution in [0, 0.1) is 0 Å². The summed E-state index contributed by atoms with van der Waals surface area (Å²) in [6.45, 7) is 7.33. The molecule has 1 N–H and O–H groups in total. The molecule has 1 fully saturated rings. The molecule has 1 aliphatic heterocycles. The third kappa shape index (κ3) is 1.92. The normalized spacial score (nSPS) is 39.0. The van der Waals surface area contributed by atoms with Crippen molar-refractivity contribution in [3.8, 4) is 0 Å². The molecule has 1 aliphatic rings. The number of aliphatic hydroxyl groups excluding tert-OH is 1. The SMILES string of the molecule is CC1OC(C)(C)O[C@H]1[C@@H](C)O. The molecule has 0 radical (unpaired) electrons. The van der Waals surface area contributed by atoms with Crippen LogP contribution in [-0.2, 0) is 9.47 Å². The smallest absolute Gasteiger partial charge is 0.163 e. The molecule has 3 atom stereocenters. The van der Waals surface area contributed by atoms with Crippen LogP contribution in [0.25, 0.3) is 0 Å². The van der Waals surface area contributed by atoms with Gasteiger partial charge in [0.05, 0.1) is 12.2 Å². The average molecular weight is 160 g/mol. The first-order valence-corrected chi connectivity index (χ1v) is 3.96. The first-order chi connectivity index (χ1) is 4.92. The molecule has 0 aromatic carbocycles. The van der Waals surface area contributed by atoms with E-state index < -0.39 is 11.9 Å². The highest BCUT2D eigenvalue weighted by Gasteiger charge is 2.40. The van der Waals surface area contributed by atoms with Crippen LogP contribution < -0.4 is 0 Å². The Morgan fingerprint density at radius 2 is 1.91 bits per heavy atom. The average Bonchev–Trinajstić information content (AvgIpc) is 2.05. The largest absolute Gasteiger partial charge is 0.391 e. The number of hydrogen-bond acceptors (Lipinski definition) is 3. The van der Waals surface area contributed by atoms with Crippen LogP contribution in [-0.4, -0.2) is 29.2 Å². The molecular weight excluding hydrogens is 144 g/mol. The molecule has 1 unspecified atom stereocenters. The zero-order valence-electron chi connectivity index (χ0n) is 7.50. The van der Waals surface area contributed by atoms with Gasteiger partial charge >= 0.3 is 0 Å². The number of aliphatic hydroxyl groups is 1. The summed E-state index contributed by atoms with van der Waals surface area (Å²) in [5.74, 6) is -0.541. The van der Waals surface area contributed by atoms with E-state index in [4.69, 9.17) is 9.47 Å². The van der Waals surface area contributed by atoms with Crippen molar-refractivity contribution in [2.75, 3.05) is 0 Å². The van der Waals surface area contributed by atoms with E-state index in [1.807, 2.05) is 20.8 Å². The summed E-state index contributed by atoms with van der Waals surface area (Å²) >= 11 is 0. The summed E-state index contributed by atoms with van der Waals surface area (Å²) in [5, 5.41) is 9.25. The minimum Gasteiger partial charge on any atom is -0.391 e. The molecule has 0 aliphatic carbocycles. The molecule has 3 nitrogen and oxygen atoms in total. The van der Waals surface area contributed by atoms with Gasteiger partial charge in [-0.3, -0.25) is 0 Å². The quantitative estimate of drug-likeness (QED) is 0.619. The van der Waals surface area contributed by atoms with E-state index >= 15 is 0 Å². The van der Waals surface area contributed by atoms with Crippen molar-refractivity contribution < 1.29 is 14.6 Å². The number of hydrogen-bond donors (Lipinski definition) is 1. The Bertz CT molecular complexity index is 142. The monoisotopic (exact) mass is 160 g/mol. The van der Waals surface area contributed by atoms with E-state index in [-0.39, 0.29) is 12.2 Å². The Labute approximate surface area is 67.3 Å². The summed E-state index contributed by atoms with van der Waals surface area (Å²) in [4.78, 5) is 0. The third-order valence-electron chi connectivity index (χ3n) is 1.83. The maximum Gasteiger partial charge on any atom is 0.163 e. The van der Waals surface area contributed by atoms with E-state index in [0.717, 1.165) is 0 Å². The lowest BCUT2D eigenvalue weighted by atomic mass is 10.1. The van der Waals surface area contributed by atoms with Crippen LogP contribution >= 0.6 is 0 Å². The van der Waals surface area contributed by atoms with Crippen LogP contribution in [0.15, 0.2) is 0 Å². The Hall–Kier alpha value is -0.120. The van der Waals surface area contributed by atoms with Crippen LogP contribution in [0.4, 0.5) is 0 Å². The van der Waals surface area contributed by atoms with Gasteiger partial charge in [-0.2, -0.15) is 0 Å². The Morgan fingerprint density at radius 1 is 1.36 bits per heavy atom. The minimum absolute atomic E-state index is 0.0231. The summed E-state index contributed by atoms with van der Waals surface area (Å²) in [6, 6.07) is 0. The standard InChI is InChI=1S/C8H16O3/c1-5(9)7-6(2)10-8(3,4)11-7/h5-7,9H,1-4H3/t5-,6?,7+/m1/s1. The lowest BCUT2D eigenvalue weighted by molar-refractivity contribution is -0.153. The lowest BCUT2D eigenvalue weighted by Crippen LogP contribution is -2.31. The molecule has 0 bridgehead atoms. The lowest BCUT2D eigenvalue weighted by Gasteiger charge is -2.18. The second kappa shape index (κ2) is 2.73. The molecule has 66 valence electrons. The van der Waals surface area contributed by atoms with E-state index in [2.05, 4.69) is 0 Å². The van der Waals surface area contributed by atoms with Crippen LogP contribution in [0.3, 0.4) is 0 Å². The fraction of sp³-hybridized carbons (Fsp3) is 1.00. The van der Waals surface area contributed by atoms with Gasteiger partial charge in [0.25, 0.3) is 0 Å². The summed E-state index contributed by atoms with van der Waals surface area (Å²) in [7, 11) is 0. The maximum absolute atomic E-state index is 9.25. The molecular formula is C8H16O3. The number of ether oxygens (including phenoxy) is 2. The summed E-state index contributed by atoms with van der Waals surface area (Å²) < 4.78 is 10.9. The van der Waals surface area contributed by atoms with Crippen molar-refractivity contribution in [2.45, 2.75) is 51.8 Å². The molecule has 0 saturated carbocycles. The van der Waals surface area contributed by atoms with E-state index in [0.29, 0.717) is 0 Å². The Balaban J connectivity index is 2.59. The van der Waals surface area contributed by atoms with Gasteiger partial charge in [0.15, 0.2) is 5.79 Å². The molecule has 3 heteroatoms. The second-order valence-electron chi connectivity index (χ2n) is 3.55. The van der Waals surface area contributed by atoms with E-state index in [9.17, 15) is 5.11 Å².